The molecule has 0 spiro atoms. The molecular formula is C11H17Br. The number of fused-ring (bicyclic) bond motifs is 1. The highest BCUT2D eigenvalue weighted by molar-refractivity contribution is 9.09. The van der Waals surface area contributed by atoms with Crippen LogP contribution in [0.1, 0.15) is 38.5 Å². The van der Waals surface area contributed by atoms with Crippen LogP contribution in [0.2, 0.25) is 0 Å². The van der Waals surface area contributed by atoms with Crippen molar-refractivity contribution in [3.63, 3.8) is 0 Å². The summed E-state index contributed by atoms with van der Waals surface area (Å²) in [4.78, 5) is 0.810. The van der Waals surface area contributed by atoms with Crippen molar-refractivity contribution in [1.29, 1.82) is 0 Å². The van der Waals surface area contributed by atoms with Crippen LogP contribution in [0.4, 0.5) is 0 Å². The Kier molecular flexibility index (Phi) is 2.59. The molecule has 12 heavy (non-hydrogen) atoms. The van der Waals surface area contributed by atoms with Gasteiger partial charge in [0, 0.05) is 4.83 Å². The fraction of sp³-hybridized carbons (Fsp3) is 0.818. The third-order valence-electron chi connectivity index (χ3n) is 3.50. The molecule has 0 heterocycles. The molecule has 0 aromatic rings. The van der Waals surface area contributed by atoms with Crippen LogP contribution in [-0.2, 0) is 0 Å². The molecule has 68 valence electrons. The van der Waals surface area contributed by atoms with Crippen molar-refractivity contribution in [2.24, 2.45) is 11.8 Å². The van der Waals surface area contributed by atoms with Crippen molar-refractivity contribution in [1.82, 2.24) is 0 Å². The van der Waals surface area contributed by atoms with Crippen LogP contribution in [0, 0.1) is 11.8 Å². The van der Waals surface area contributed by atoms with Crippen molar-refractivity contribution in [3.8, 4) is 0 Å². The van der Waals surface area contributed by atoms with E-state index in [0.29, 0.717) is 0 Å². The summed E-state index contributed by atoms with van der Waals surface area (Å²) in [5.41, 5.74) is 1.50. The summed E-state index contributed by atoms with van der Waals surface area (Å²) in [6.07, 6.45) is 8.25. The van der Waals surface area contributed by atoms with E-state index in [2.05, 4.69) is 22.5 Å². The molecule has 0 N–H and O–H groups in total. The maximum absolute atomic E-state index is 4.11. The first-order valence-corrected chi connectivity index (χ1v) is 5.98. The van der Waals surface area contributed by atoms with Crippen molar-refractivity contribution in [2.45, 2.75) is 43.4 Å². The van der Waals surface area contributed by atoms with E-state index in [4.69, 9.17) is 0 Å². The molecule has 0 radical (unpaired) electrons. The van der Waals surface area contributed by atoms with Crippen molar-refractivity contribution in [2.75, 3.05) is 0 Å². The van der Waals surface area contributed by atoms with Gasteiger partial charge in [-0.25, -0.2) is 0 Å². The van der Waals surface area contributed by atoms with Gasteiger partial charge in [-0.05, 0) is 50.4 Å². The quantitative estimate of drug-likeness (QED) is 0.436. The summed E-state index contributed by atoms with van der Waals surface area (Å²) in [6, 6.07) is 0. The first-order valence-electron chi connectivity index (χ1n) is 5.06. The highest BCUT2D eigenvalue weighted by Gasteiger charge is 2.31. The maximum Gasteiger partial charge on any atom is 0.0148 e. The third kappa shape index (κ3) is 1.76. The van der Waals surface area contributed by atoms with E-state index >= 15 is 0 Å². The molecule has 0 saturated heterocycles. The zero-order valence-corrected chi connectivity index (χ0v) is 9.15. The molecule has 3 atom stereocenters. The fourth-order valence-corrected chi connectivity index (χ4v) is 3.50. The van der Waals surface area contributed by atoms with Crippen LogP contribution in [0.3, 0.4) is 0 Å². The van der Waals surface area contributed by atoms with E-state index in [9.17, 15) is 0 Å². The molecule has 0 aliphatic heterocycles. The van der Waals surface area contributed by atoms with Crippen LogP contribution in [0.15, 0.2) is 12.2 Å². The predicted octanol–water partition coefficient (Wildman–Crippen LogP) is 3.91. The molecule has 0 bridgehead atoms. The zero-order valence-electron chi connectivity index (χ0n) is 7.56. The zero-order chi connectivity index (χ0) is 8.55. The Morgan fingerprint density at radius 2 is 2.00 bits per heavy atom. The Morgan fingerprint density at radius 1 is 1.17 bits per heavy atom. The lowest BCUT2D eigenvalue weighted by Crippen LogP contribution is -2.28. The summed E-state index contributed by atoms with van der Waals surface area (Å²) in [7, 11) is 0. The van der Waals surface area contributed by atoms with Gasteiger partial charge in [0.25, 0.3) is 0 Å². The number of hydrogen-bond donors (Lipinski definition) is 0. The van der Waals surface area contributed by atoms with Gasteiger partial charge in [-0.3, -0.25) is 0 Å². The van der Waals surface area contributed by atoms with Crippen molar-refractivity contribution >= 4 is 15.9 Å². The number of halogens is 1. The first kappa shape index (κ1) is 8.80. The Morgan fingerprint density at radius 3 is 2.83 bits per heavy atom. The standard InChI is InChI=1S/C11H17Br/c1-8-2-3-10-7-11(12)5-4-9(10)6-8/h9-11H,1-7H2. The second-order valence-electron chi connectivity index (χ2n) is 4.42. The lowest BCUT2D eigenvalue weighted by atomic mass is 9.70. The Hall–Kier alpha value is 0.220. The van der Waals surface area contributed by atoms with Gasteiger partial charge in [0.1, 0.15) is 0 Å². The lowest BCUT2D eigenvalue weighted by molar-refractivity contribution is 0.205. The average molecular weight is 229 g/mol. The average Bonchev–Trinajstić information content (AvgIpc) is 2.05. The summed E-state index contributed by atoms with van der Waals surface area (Å²) >= 11 is 3.74. The molecule has 2 saturated carbocycles. The van der Waals surface area contributed by atoms with Gasteiger partial charge in [-0.2, -0.15) is 0 Å². The SMILES string of the molecule is C=C1CCC2CC(Br)CCC2C1. The van der Waals surface area contributed by atoms with Gasteiger partial charge in [0.2, 0.25) is 0 Å². The highest BCUT2D eigenvalue weighted by atomic mass is 79.9. The van der Waals surface area contributed by atoms with Crippen molar-refractivity contribution in [3.05, 3.63) is 12.2 Å². The summed E-state index contributed by atoms with van der Waals surface area (Å²) in [5.74, 6) is 1.99. The first-order chi connectivity index (χ1) is 5.75. The van der Waals surface area contributed by atoms with Crippen LogP contribution in [0.25, 0.3) is 0 Å². The van der Waals surface area contributed by atoms with E-state index in [0.717, 1.165) is 16.7 Å². The van der Waals surface area contributed by atoms with Crippen molar-refractivity contribution < 1.29 is 0 Å². The van der Waals surface area contributed by atoms with E-state index in [1.165, 1.54) is 44.1 Å². The number of alkyl halides is 1. The minimum atomic E-state index is 0.810. The molecule has 2 aliphatic rings. The molecule has 0 aromatic carbocycles. The Labute approximate surface area is 83.6 Å². The maximum atomic E-state index is 4.11. The van der Waals surface area contributed by atoms with E-state index < -0.39 is 0 Å². The van der Waals surface area contributed by atoms with Crippen LogP contribution in [-0.4, -0.2) is 4.83 Å². The predicted molar refractivity (Wildman–Crippen MR) is 56.5 cm³/mol. The van der Waals surface area contributed by atoms with Gasteiger partial charge < -0.3 is 0 Å². The summed E-state index contributed by atoms with van der Waals surface area (Å²) in [6.45, 7) is 4.11. The molecule has 0 nitrogen and oxygen atoms in total. The normalized spacial score (nSPS) is 42.4. The minimum absolute atomic E-state index is 0.810. The second kappa shape index (κ2) is 3.53. The molecule has 2 rings (SSSR count). The summed E-state index contributed by atoms with van der Waals surface area (Å²) < 4.78 is 0. The molecule has 0 amide bonds. The van der Waals surface area contributed by atoms with Crippen LogP contribution < -0.4 is 0 Å². The van der Waals surface area contributed by atoms with Gasteiger partial charge in [-0.1, -0.05) is 28.1 Å². The number of hydrogen-bond acceptors (Lipinski definition) is 0. The highest BCUT2D eigenvalue weighted by Crippen LogP contribution is 2.43. The topological polar surface area (TPSA) is 0 Å². The molecule has 2 fully saturated rings. The Bertz CT molecular complexity index is 185. The number of rotatable bonds is 0. The third-order valence-corrected chi connectivity index (χ3v) is 4.33. The van der Waals surface area contributed by atoms with E-state index in [1.807, 2.05) is 0 Å². The summed E-state index contributed by atoms with van der Waals surface area (Å²) in [5, 5.41) is 0. The van der Waals surface area contributed by atoms with Gasteiger partial charge in [0.05, 0.1) is 0 Å². The second-order valence-corrected chi connectivity index (χ2v) is 5.72. The Balaban J connectivity index is 1.98. The fourth-order valence-electron chi connectivity index (χ4n) is 2.75. The largest absolute Gasteiger partial charge is 0.0999 e. The molecule has 0 aromatic heterocycles. The van der Waals surface area contributed by atoms with Gasteiger partial charge >= 0.3 is 0 Å². The van der Waals surface area contributed by atoms with Crippen LogP contribution in [0.5, 0.6) is 0 Å². The smallest absolute Gasteiger partial charge is 0.0148 e. The van der Waals surface area contributed by atoms with Crippen LogP contribution >= 0.6 is 15.9 Å². The monoisotopic (exact) mass is 228 g/mol. The van der Waals surface area contributed by atoms with E-state index in [-0.39, 0.29) is 0 Å². The van der Waals surface area contributed by atoms with Gasteiger partial charge in [0.15, 0.2) is 0 Å². The lowest BCUT2D eigenvalue weighted by Gasteiger charge is -2.38. The van der Waals surface area contributed by atoms with E-state index in [1.54, 1.807) is 0 Å². The number of allylic oxidation sites excluding steroid dienone is 1. The molecule has 2 aliphatic carbocycles. The molecule has 3 unspecified atom stereocenters. The molecular weight excluding hydrogens is 212 g/mol. The molecule has 1 heteroatoms. The van der Waals surface area contributed by atoms with Gasteiger partial charge in [-0.15, -0.1) is 0 Å². The minimum Gasteiger partial charge on any atom is -0.0999 e.